The molecule has 0 saturated heterocycles. The van der Waals surface area contributed by atoms with Crippen molar-refractivity contribution in [2.45, 2.75) is 32.7 Å². The second kappa shape index (κ2) is 5.28. The van der Waals surface area contributed by atoms with Crippen molar-refractivity contribution < 1.29 is 4.74 Å². The van der Waals surface area contributed by atoms with E-state index in [1.54, 1.807) is 7.11 Å². The molecule has 3 N–H and O–H groups in total. The van der Waals surface area contributed by atoms with Crippen LogP contribution in [0.5, 0.6) is 0 Å². The molecule has 0 radical (unpaired) electrons. The lowest BCUT2D eigenvalue weighted by Gasteiger charge is -2.37. The first-order valence-corrected chi connectivity index (χ1v) is 5.99. The summed E-state index contributed by atoms with van der Waals surface area (Å²) in [6.07, 6.45) is 1.36. The molecule has 1 rings (SSSR count). The van der Waals surface area contributed by atoms with Gasteiger partial charge in [0.15, 0.2) is 0 Å². The summed E-state index contributed by atoms with van der Waals surface area (Å²) >= 11 is 0. The number of hydrogen-bond donors (Lipinski definition) is 2. The Balaban J connectivity index is 2.46. The van der Waals surface area contributed by atoms with E-state index < -0.39 is 0 Å². The highest BCUT2D eigenvalue weighted by Gasteiger charge is 2.37. The SMILES string of the molecule is COCC(CN)(NCC1CC1C)C(C)C. The molecule has 3 heteroatoms. The standard InChI is InChI=1S/C12H26N2O/c1-9(2)12(7-13,8-15-4)14-6-11-5-10(11)3/h9-11,14H,5-8,13H2,1-4H3. The predicted octanol–water partition coefficient (Wildman–Crippen LogP) is 1.23. The summed E-state index contributed by atoms with van der Waals surface area (Å²) in [4.78, 5) is 0. The highest BCUT2D eigenvalue weighted by molar-refractivity contribution is 4.95. The Kier molecular flexibility index (Phi) is 4.56. The van der Waals surface area contributed by atoms with Crippen LogP contribution in [0.3, 0.4) is 0 Å². The van der Waals surface area contributed by atoms with Crippen molar-refractivity contribution >= 4 is 0 Å². The molecule has 0 bridgehead atoms. The minimum atomic E-state index is -0.0446. The number of methoxy groups -OCH3 is 1. The highest BCUT2D eigenvalue weighted by atomic mass is 16.5. The van der Waals surface area contributed by atoms with Crippen LogP contribution in [0.15, 0.2) is 0 Å². The molecule has 1 saturated carbocycles. The molecule has 0 amide bonds. The summed E-state index contributed by atoms with van der Waals surface area (Å²) in [5.74, 6) is 2.24. The van der Waals surface area contributed by atoms with Gasteiger partial charge in [-0.05, 0) is 30.7 Å². The third-order valence-corrected chi connectivity index (χ3v) is 3.86. The molecule has 0 aromatic carbocycles. The summed E-state index contributed by atoms with van der Waals surface area (Å²) in [6.45, 7) is 9.13. The van der Waals surface area contributed by atoms with Gasteiger partial charge in [0.25, 0.3) is 0 Å². The maximum atomic E-state index is 5.89. The lowest BCUT2D eigenvalue weighted by atomic mass is 9.87. The van der Waals surface area contributed by atoms with Crippen LogP contribution < -0.4 is 11.1 Å². The monoisotopic (exact) mass is 214 g/mol. The zero-order valence-corrected chi connectivity index (χ0v) is 10.5. The first-order valence-electron chi connectivity index (χ1n) is 5.99. The average molecular weight is 214 g/mol. The number of rotatable bonds is 7. The Labute approximate surface area is 93.8 Å². The number of hydrogen-bond acceptors (Lipinski definition) is 3. The Morgan fingerprint density at radius 1 is 1.53 bits per heavy atom. The predicted molar refractivity (Wildman–Crippen MR) is 63.8 cm³/mol. The minimum Gasteiger partial charge on any atom is -0.383 e. The molecule has 1 fully saturated rings. The van der Waals surface area contributed by atoms with Crippen molar-refractivity contribution in [2.75, 3.05) is 26.8 Å². The quantitative estimate of drug-likeness (QED) is 0.670. The van der Waals surface area contributed by atoms with Gasteiger partial charge in [0, 0.05) is 13.7 Å². The maximum Gasteiger partial charge on any atom is 0.0659 e. The van der Waals surface area contributed by atoms with Crippen LogP contribution in [-0.4, -0.2) is 32.3 Å². The van der Waals surface area contributed by atoms with Crippen LogP contribution in [0.4, 0.5) is 0 Å². The smallest absolute Gasteiger partial charge is 0.0659 e. The van der Waals surface area contributed by atoms with Gasteiger partial charge in [0.2, 0.25) is 0 Å². The van der Waals surface area contributed by atoms with Crippen molar-refractivity contribution in [3.05, 3.63) is 0 Å². The zero-order chi connectivity index (χ0) is 11.5. The topological polar surface area (TPSA) is 47.3 Å². The van der Waals surface area contributed by atoms with Crippen molar-refractivity contribution in [2.24, 2.45) is 23.5 Å². The van der Waals surface area contributed by atoms with Crippen LogP contribution in [-0.2, 0) is 4.74 Å². The first-order chi connectivity index (χ1) is 7.05. The van der Waals surface area contributed by atoms with E-state index >= 15 is 0 Å². The maximum absolute atomic E-state index is 5.89. The molecule has 90 valence electrons. The second-order valence-electron chi connectivity index (χ2n) is 5.30. The zero-order valence-electron chi connectivity index (χ0n) is 10.5. The molecule has 0 aliphatic heterocycles. The average Bonchev–Trinajstić information content (AvgIpc) is 2.89. The summed E-state index contributed by atoms with van der Waals surface area (Å²) in [5.41, 5.74) is 5.85. The van der Waals surface area contributed by atoms with Crippen molar-refractivity contribution in [3.8, 4) is 0 Å². The molecule has 0 aromatic rings. The van der Waals surface area contributed by atoms with Crippen molar-refractivity contribution in [1.82, 2.24) is 5.32 Å². The largest absolute Gasteiger partial charge is 0.383 e. The van der Waals surface area contributed by atoms with Gasteiger partial charge in [-0.1, -0.05) is 20.8 Å². The van der Waals surface area contributed by atoms with Crippen LogP contribution in [0, 0.1) is 17.8 Å². The van der Waals surface area contributed by atoms with E-state index in [2.05, 4.69) is 26.1 Å². The van der Waals surface area contributed by atoms with Crippen LogP contribution in [0.1, 0.15) is 27.2 Å². The fraction of sp³-hybridized carbons (Fsp3) is 1.00. The van der Waals surface area contributed by atoms with E-state index in [4.69, 9.17) is 10.5 Å². The molecule has 0 spiro atoms. The van der Waals surface area contributed by atoms with Crippen LogP contribution >= 0.6 is 0 Å². The molecule has 1 aliphatic carbocycles. The summed E-state index contributed by atoms with van der Waals surface area (Å²) in [5, 5.41) is 3.63. The molecule has 15 heavy (non-hydrogen) atoms. The van der Waals surface area contributed by atoms with E-state index in [1.165, 1.54) is 6.42 Å². The van der Waals surface area contributed by atoms with Gasteiger partial charge in [0.1, 0.15) is 0 Å². The summed E-state index contributed by atoms with van der Waals surface area (Å²) in [6, 6.07) is 0. The molecular weight excluding hydrogens is 188 g/mol. The Morgan fingerprint density at radius 2 is 2.13 bits per heavy atom. The lowest BCUT2D eigenvalue weighted by Crippen LogP contribution is -2.58. The Hall–Kier alpha value is -0.120. The Morgan fingerprint density at radius 3 is 2.47 bits per heavy atom. The third kappa shape index (κ3) is 3.16. The van der Waals surface area contributed by atoms with Gasteiger partial charge in [0.05, 0.1) is 12.1 Å². The van der Waals surface area contributed by atoms with E-state index in [9.17, 15) is 0 Å². The third-order valence-electron chi connectivity index (χ3n) is 3.86. The minimum absolute atomic E-state index is 0.0446. The highest BCUT2D eigenvalue weighted by Crippen LogP contribution is 2.37. The van der Waals surface area contributed by atoms with Gasteiger partial charge < -0.3 is 15.8 Å². The number of nitrogens with one attached hydrogen (secondary N) is 1. The molecule has 3 unspecified atom stereocenters. The molecular formula is C12H26N2O. The molecule has 0 heterocycles. The molecule has 3 atom stereocenters. The molecule has 0 aromatic heterocycles. The Bertz CT molecular complexity index is 196. The van der Waals surface area contributed by atoms with Gasteiger partial charge >= 0.3 is 0 Å². The van der Waals surface area contributed by atoms with E-state index in [1.807, 2.05) is 0 Å². The molecule has 3 nitrogen and oxygen atoms in total. The van der Waals surface area contributed by atoms with Gasteiger partial charge in [-0.2, -0.15) is 0 Å². The summed E-state index contributed by atoms with van der Waals surface area (Å²) in [7, 11) is 1.74. The summed E-state index contributed by atoms with van der Waals surface area (Å²) < 4.78 is 5.30. The fourth-order valence-electron chi connectivity index (χ4n) is 2.06. The van der Waals surface area contributed by atoms with Crippen LogP contribution in [0.25, 0.3) is 0 Å². The normalized spacial score (nSPS) is 29.2. The number of ether oxygens (including phenoxy) is 1. The fourth-order valence-corrected chi connectivity index (χ4v) is 2.06. The number of nitrogens with two attached hydrogens (primary N) is 1. The van der Waals surface area contributed by atoms with Gasteiger partial charge in [-0.25, -0.2) is 0 Å². The first kappa shape index (κ1) is 12.9. The van der Waals surface area contributed by atoms with Crippen molar-refractivity contribution in [3.63, 3.8) is 0 Å². The lowest BCUT2D eigenvalue weighted by molar-refractivity contribution is 0.0821. The van der Waals surface area contributed by atoms with E-state index in [0.29, 0.717) is 19.1 Å². The van der Waals surface area contributed by atoms with E-state index in [0.717, 1.165) is 18.4 Å². The molecule has 1 aliphatic rings. The van der Waals surface area contributed by atoms with Gasteiger partial charge in [-0.15, -0.1) is 0 Å². The van der Waals surface area contributed by atoms with E-state index in [-0.39, 0.29) is 5.54 Å². The van der Waals surface area contributed by atoms with Crippen molar-refractivity contribution in [1.29, 1.82) is 0 Å². The second-order valence-corrected chi connectivity index (χ2v) is 5.30. The van der Waals surface area contributed by atoms with Crippen LogP contribution in [0.2, 0.25) is 0 Å². The van der Waals surface area contributed by atoms with Gasteiger partial charge in [-0.3, -0.25) is 0 Å².